The Bertz CT molecular complexity index is 550. The molecule has 2 atom stereocenters. The van der Waals surface area contributed by atoms with Gasteiger partial charge in [0.1, 0.15) is 0 Å². The molecule has 0 spiro atoms. The van der Waals surface area contributed by atoms with E-state index in [9.17, 15) is 4.79 Å². The van der Waals surface area contributed by atoms with Crippen molar-refractivity contribution in [3.05, 3.63) is 34.9 Å². The zero-order valence-corrected chi connectivity index (χ0v) is 13.8. The minimum absolute atomic E-state index is 0.164. The number of nitrogens with zero attached hydrogens (tertiary/aromatic N) is 1. The maximum Gasteiger partial charge on any atom is 0.226 e. The molecule has 0 unspecified atom stereocenters. The Hall–Kier alpha value is -1.35. The molecule has 0 heterocycles. The number of nitrogens with two attached hydrogens (primary N) is 1. The molecule has 0 saturated heterocycles. The quantitative estimate of drug-likeness (QED) is 0.908. The number of rotatable bonds is 5. The third kappa shape index (κ3) is 3.19. The highest BCUT2D eigenvalue weighted by atomic mass is 16.2. The molecular formula is C19H28N2O. The lowest BCUT2D eigenvalue weighted by Gasteiger charge is -2.28. The molecule has 120 valence electrons. The SMILES string of the molecule is Cc1ccc(CN(C(=O)[C@@H]2CCC[C@@H]2CN)C2CC2)cc1C. The van der Waals surface area contributed by atoms with E-state index in [-0.39, 0.29) is 5.92 Å². The first-order valence-electron chi connectivity index (χ1n) is 8.67. The average molecular weight is 300 g/mol. The molecule has 0 radical (unpaired) electrons. The Labute approximate surface area is 133 Å². The van der Waals surface area contributed by atoms with Crippen molar-refractivity contribution in [1.82, 2.24) is 4.90 Å². The highest BCUT2D eigenvalue weighted by molar-refractivity contribution is 5.80. The maximum absolute atomic E-state index is 13.0. The van der Waals surface area contributed by atoms with Crippen LogP contribution in [0.2, 0.25) is 0 Å². The molecule has 0 aromatic heterocycles. The van der Waals surface area contributed by atoms with E-state index in [1.807, 2.05) is 0 Å². The summed E-state index contributed by atoms with van der Waals surface area (Å²) in [4.78, 5) is 15.2. The summed E-state index contributed by atoms with van der Waals surface area (Å²) in [6.07, 6.45) is 5.62. The van der Waals surface area contributed by atoms with Crippen molar-refractivity contribution >= 4 is 5.91 Å². The fourth-order valence-corrected chi connectivity index (χ4v) is 3.73. The summed E-state index contributed by atoms with van der Waals surface area (Å²) in [6.45, 7) is 5.69. The van der Waals surface area contributed by atoms with Crippen molar-refractivity contribution in [3.63, 3.8) is 0 Å². The molecule has 3 heteroatoms. The van der Waals surface area contributed by atoms with Gasteiger partial charge in [0.05, 0.1) is 0 Å². The van der Waals surface area contributed by atoms with Crippen LogP contribution >= 0.6 is 0 Å². The van der Waals surface area contributed by atoms with Gasteiger partial charge in [0.25, 0.3) is 0 Å². The molecule has 0 aliphatic heterocycles. The molecule has 22 heavy (non-hydrogen) atoms. The van der Waals surface area contributed by atoms with Crippen LogP contribution in [0.4, 0.5) is 0 Å². The highest BCUT2D eigenvalue weighted by Crippen LogP contribution is 2.36. The largest absolute Gasteiger partial charge is 0.335 e. The van der Waals surface area contributed by atoms with Gasteiger partial charge in [-0.3, -0.25) is 4.79 Å². The molecule has 2 N–H and O–H groups in total. The van der Waals surface area contributed by atoms with E-state index in [1.165, 1.54) is 16.7 Å². The lowest BCUT2D eigenvalue weighted by Crippen LogP contribution is -2.40. The Morgan fingerprint density at radius 1 is 1.18 bits per heavy atom. The molecule has 3 nitrogen and oxygen atoms in total. The first kappa shape index (κ1) is 15.5. The van der Waals surface area contributed by atoms with Crippen LogP contribution in [0.25, 0.3) is 0 Å². The number of carbonyl (C=O) groups is 1. The molecule has 1 aromatic carbocycles. The van der Waals surface area contributed by atoms with Crippen molar-refractivity contribution in [3.8, 4) is 0 Å². The van der Waals surface area contributed by atoms with Gasteiger partial charge in [-0.15, -0.1) is 0 Å². The van der Waals surface area contributed by atoms with Gasteiger partial charge in [-0.25, -0.2) is 0 Å². The Morgan fingerprint density at radius 2 is 1.95 bits per heavy atom. The van der Waals surface area contributed by atoms with Crippen molar-refractivity contribution in [2.24, 2.45) is 17.6 Å². The van der Waals surface area contributed by atoms with Crippen LogP contribution in [-0.2, 0) is 11.3 Å². The predicted molar refractivity (Wildman–Crippen MR) is 89.4 cm³/mol. The van der Waals surface area contributed by atoms with Crippen LogP contribution in [-0.4, -0.2) is 23.4 Å². The normalized spacial score (nSPS) is 24.5. The van der Waals surface area contributed by atoms with E-state index in [0.29, 0.717) is 24.4 Å². The van der Waals surface area contributed by atoms with Gasteiger partial charge in [-0.2, -0.15) is 0 Å². The number of carbonyl (C=O) groups excluding carboxylic acids is 1. The molecule has 2 aliphatic carbocycles. The Kier molecular flexibility index (Phi) is 4.53. The van der Waals surface area contributed by atoms with Crippen LogP contribution in [0.5, 0.6) is 0 Å². The third-order valence-electron chi connectivity index (χ3n) is 5.47. The summed E-state index contributed by atoms with van der Waals surface area (Å²) in [5.41, 5.74) is 9.75. The molecule has 0 bridgehead atoms. The molecule has 2 aliphatic rings. The molecule has 3 rings (SSSR count). The van der Waals surface area contributed by atoms with E-state index in [0.717, 1.165) is 38.6 Å². The average Bonchev–Trinajstić information content (AvgIpc) is 3.24. The van der Waals surface area contributed by atoms with Crippen LogP contribution in [0.3, 0.4) is 0 Å². The van der Waals surface area contributed by atoms with Gasteiger partial charge in [-0.05, 0) is 68.7 Å². The second kappa shape index (κ2) is 6.41. The third-order valence-corrected chi connectivity index (χ3v) is 5.47. The number of hydrogen-bond acceptors (Lipinski definition) is 2. The minimum atomic E-state index is 0.164. The van der Waals surface area contributed by atoms with Gasteiger partial charge < -0.3 is 10.6 Å². The zero-order chi connectivity index (χ0) is 15.7. The van der Waals surface area contributed by atoms with Gasteiger partial charge >= 0.3 is 0 Å². The van der Waals surface area contributed by atoms with Crippen LogP contribution in [0.15, 0.2) is 18.2 Å². The molecule has 1 aromatic rings. The fourth-order valence-electron chi connectivity index (χ4n) is 3.73. The summed E-state index contributed by atoms with van der Waals surface area (Å²) < 4.78 is 0. The lowest BCUT2D eigenvalue weighted by molar-refractivity contribution is -0.137. The lowest BCUT2D eigenvalue weighted by atomic mass is 9.94. The Morgan fingerprint density at radius 3 is 2.59 bits per heavy atom. The van der Waals surface area contributed by atoms with Gasteiger partial charge in [0.2, 0.25) is 5.91 Å². The zero-order valence-electron chi connectivity index (χ0n) is 13.8. The van der Waals surface area contributed by atoms with Gasteiger partial charge in [0, 0.05) is 18.5 Å². The van der Waals surface area contributed by atoms with E-state index in [1.54, 1.807) is 0 Å². The number of aryl methyl sites for hydroxylation is 2. The van der Waals surface area contributed by atoms with E-state index in [2.05, 4.69) is 36.9 Å². The summed E-state index contributed by atoms with van der Waals surface area (Å²) in [6, 6.07) is 7.03. The number of hydrogen-bond donors (Lipinski definition) is 1. The summed E-state index contributed by atoms with van der Waals surface area (Å²) in [5.74, 6) is 0.916. The van der Waals surface area contributed by atoms with E-state index < -0.39 is 0 Å². The number of amides is 1. The maximum atomic E-state index is 13.0. The topological polar surface area (TPSA) is 46.3 Å². The number of benzene rings is 1. The van der Waals surface area contributed by atoms with Gasteiger partial charge in [-0.1, -0.05) is 24.6 Å². The second-order valence-electron chi connectivity index (χ2n) is 7.15. The van der Waals surface area contributed by atoms with Crippen molar-refractivity contribution in [2.75, 3.05) is 6.54 Å². The highest BCUT2D eigenvalue weighted by Gasteiger charge is 2.40. The van der Waals surface area contributed by atoms with E-state index >= 15 is 0 Å². The van der Waals surface area contributed by atoms with Gasteiger partial charge in [0.15, 0.2) is 0 Å². The van der Waals surface area contributed by atoms with Crippen molar-refractivity contribution < 1.29 is 4.79 Å². The Balaban J connectivity index is 1.75. The first-order chi connectivity index (χ1) is 10.6. The summed E-state index contributed by atoms with van der Waals surface area (Å²) >= 11 is 0. The van der Waals surface area contributed by atoms with Crippen molar-refractivity contribution in [1.29, 1.82) is 0 Å². The molecule has 1 amide bonds. The molecule has 2 saturated carbocycles. The minimum Gasteiger partial charge on any atom is -0.335 e. The van der Waals surface area contributed by atoms with Crippen molar-refractivity contribution in [2.45, 2.75) is 58.5 Å². The van der Waals surface area contributed by atoms with Crippen LogP contribution < -0.4 is 5.73 Å². The first-order valence-corrected chi connectivity index (χ1v) is 8.67. The van der Waals surface area contributed by atoms with Crippen LogP contribution in [0, 0.1) is 25.7 Å². The summed E-state index contributed by atoms with van der Waals surface area (Å²) in [7, 11) is 0. The van der Waals surface area contributed by atoms with Crippen LogP contribution in [0.1, 0.15) is 48.8 Å². The predicted octanol–water partition coefficient (Wildman–Crippen LogP) is 3.17. The molecular weight excluding hydrogens is 272 g/mol. The summed E-state index contributed by atoms with van der Waals surface area (Å²) in [5, 5.41) is 0. The standard InChI is InChI=1S/C19H28N2O/c1-13-6-7-15(10-14(13)2)12-21(17-8-9-17)19(22)18-5-3-4-16(18)11-20/h6-7,10,16-18H,3-5,8-9,11-12,20H2,1-2H3/t16-,18-/m1/s1. The smallest absolute Gasteiger partial charge is 0.226 e. The fraction of sp³-hybridized carbons (Fsp3) is 0.632. The van der Waals surface area contributed by atoms with E-state index in [4.69, 9.17) is 5.73 Å². The molecule has 2 fully saturated rings. The second-order valence-corrected chi connectivity index (χ2v) is 7.15. The monoisotopic (exact) mass is 300 g/mol.